The van der Waals surface area contributed by atoms with Crippen molar-refractivity contribution < 1.29 is 23.8 Å². The zero-order valence-electron chi connectivity index (χ0n) is 28.2. The zero-order valence-corrected chi connectivity index (χ0v) is 29.0. The second-order valence-corrected chi connectivity index (χ2v) is 12.0. The molecule has 0 aliphatic carbocycles. The monoisotopic (exact) mass is 697 g/mol. The van der Waals surface area contributed by atoms with Crippen molar-refractivity contribution >= 4 is 40.1 Å². The van der Waals surface area contributed by atoms with Gasteiger partial charge in [0.2, 0.25) is 0 Å². The van der Waals surface area contributed by atoms with E-state index in [2.05, 4.69) is 10.7 Å². The molecule has 0 saturated carbocycles. The predicted molar refractivity (Wildman–Crippen MR) is 201 cm³/mol. The normalized spacial score (nSPS) is 11.1. The van der Waals surface area contributed by atoms with Crippen LogP contribution in [-0.2, 0) is 4.74 Å². The number of carbonyl (C=O) groups is 2. The average molecular weight is 698 g/mol. The number of aromatic nitrogens is 2. The molecule has 0 saturated heterocycles. The number of ether oxygens (including phenoxy) is 3. The second kappa shape index (κ2) is 16.4. The molecule has 51 heavy (non-hydrogen) atoms. The summed E-state index contributed by atoms with van der Waals surface area (Å²) in [4.78, 5) is 28.9. The molecule has 6 rings (SSSR count). The van der Waals surface area contributed by atoms with Crippen LogP contribution in [0.4, 0.5) is 11.4 Å². The van der Waals surface area contributed by atoms with Crippen LogP contribution in [-0.4, -0.2) is 47.5 Å². The third-order valence-electron chi connectivity index (χ3n) is 7.68. The number of anilines is 2. The number of nitrogens with zero attached hydrogens (tertiary/aromatic N) is 3. The van der Waals surface area contributed by atoms with Gasteiger partial charge in [-0.15, -0.1) is 0 Å². The van der Waals surface area contributed by atoms with Crippen LogP contribution in [0.1, 0.15) is 33.3 Å². The van der Waals surface area contributed by atoms with Gasteiger partial charge in [0, 0.05) is 16.0 Å². The number of hydrogen-bond donors (Lipinski definition) is 2. The Kier molecular flexibility index (Phi) is 11.1. The topological polar surface area (TPSA) is 116 Å². The van der Waals surface area contributed by atoms with E-state index in [9.17, 15) is 9.59 Å². The van der Waals surface area contributed by atoms with Gasteiger partial charge in [-0.2, -0.15) is 10.2 Å². The lowest BCUT2D eigenvalue weighted by molar-refractivity contribution is 0.0524. The molecule has 256 valence electrons. The molecule has 1 aromatic heterocycles. The van der Waals surface area contributed by atoms with Gasteiger partial charge in [-0.05, 0) is 91.9 Å². The minimum Gasteiger partial charge on any atom is -0.497 e. The average Bonchev–Trinajstić information content (AvgIpc) is 3.59. The van der Waals surface area contributed by atoms with Crippen molar-refractivity contribution in [3.63, 3.8) is 0 Å². The van der Waals surface area contributed by atoms with E-state index in [-0.39, 0.29) is 17.9 Å². The minimum atomic E-state index is -0.667. The Bertz CT molecular complexity index is 2130. The SMILES string of the molecule is CCOC(=O)c1c(-c2ccc(OC)cc2)nn(-c2ccccc2)c1C(=O)Nc1ccccc1SC(=NNc1ccccc1)c1ccc(OC)cc1. The van der Waals surface area contributed by atoms with Gasteiger partial charge in [-0.3, -0.25) is 10.2 Å². The molecule has 11 heteroatoms. The van der Waals surface area contributed by atoms with Crippen molar-refractivity contribution in [1.29, 1.82) is 0 Å². The van der Waals surface area contributed by atoms with Crippen molar-refractivity contribution in [2.45, 2.75) is 11.8 Å². The molecule has 2 N–H and O–H groups in total. The van der Waals surface area contributed by atoms with Crippen molar-refractivity contribution in [3.8, 4) is 28.4 Å². The van der Waals surface area contributed by atoms with Gasteiger partial charge in [-0.25, -0.2) is 9.48 Å². The lowest BCUT2D eigenvalue weighted by Crippen LogP contribution is -2.21. The third kappa shape index (κ3) is 8.11. The Morgan fingerprint density at radius 1 is 0.765 bits per heavy atom. The van der Waals surface area contributed by atoms with E-state index in [1.54, 1.807) is 51.5 Å². The van der Waals surface area contributed by atoms with Crippen molar-refractivity contribution in [2.75, 3.05) is 31.6 Å². The first kappa shape index (κ1) is 34.5. The molecule has 1 amide bonds. The summed E-state index contributed by atoms with van der Waals surface area (Å²) in [5.41, 5.74) is 6.88. The van der Waals surface area contributed by atoms with Crippen LogP contribution in [0.5, 0.6) is 11.5 Å². The van der Waals surface area contributed by atoms with E-state index in [1.807, 2.05) is 103 Å². The Morgan fingerprint density at radius 3 is 2.02 bits per heavy atom. The minimum absolute atomic E-state index is 0.0278. The fraction of sp³-hybridized carbons (Fsp3) is 0.100. The fourth-order valence-corrected chi connectivity index (χ4v) is 6.11. The largest absolute Gasteiger partial charge is 0.497 e. The van der Waals surface area contributed by atoms with Gasteiger partial charge in [-0.1, -0.05) is 60.3 Å². The molecule has 10 nitrogen and oxygen atoms in total. The molecule has 0 atom stereocenters. The van der Waals surface area contributed by atoms with Crippen LogP contribution >= 0.6 is 11.8 Å². The predicted octanol–water partition coefficient (Wildman–Crippen LogP) is 8.55. The number of thioether (sulfide) groups is 1. The van der Waals surface area contributed by atoms with Gasteiger partial charge in [0.1, 0.15) is 33.5 Å². The van der Waals surface area contributed by atoms with Crippen LogP contribution in [0.2, 0.25) is 0 Å². The lowest BCUT2D eigenvalue weighted by atomic mass is 10.0. The number of amides is 1. The number of benzene rings is 5. The Balaban J connectivity index is 1.41. The summed E-state index contributed by atoms with van der Waals surface area (Å²) in [7, 11) is 3.19. The van der Waals surface area contributed by atoms with Crippen LogP contribution in [0.3, 0.4) is 0 Å². The maximum absolute atomic E-state index is 14.5. The molecule has 1 heterocycles. The Morgan fingerprint density at radius 2 is 1.37 bits per heavy atom. The molecular weight excluding hydrogens is 663 g/mol. The summed E-state index contributed by atoms with van der Waals surface area (Å²) in [5.74, 6) is 0.141. The molecule has 0 bridgehead atoms. The highest BCUT2D eigenvalue weighted by atomic mass is 32.2. The number of carbonyl (C=O) groups excluding carboxylic acids is 2. The van der Waals surface area contributed by atoms with Crippen LogP contribution in [0.15, 0.2) is 143 Å². The molecule has 0 aliphatic heterocycles. The number of nitrogens with one attached hydrogen (secondary N) is 2. The standard InChI is InChI=1S/C40H35N5O5S/c1-4-50-40(47)35-36(27-19-23-31(48-2)24-20-27)44-45(30-15-9-6-10-16-30)37(35)38(46)41-33-17-11-12-18-34(33)51-39(28-21-25-32(49-3)26-22-28)43-42-29-13-7-5-8-14-29/h5-26,42H,4H2,1-3H3,(H,41,46). The van der Waals surface area contributed by atoms with Crippen LogP contribution in [0.25, 0.3) is 16.9 Å². The highest BCUT2D eigenvalue weighted by Crippen LogP contribution is 2.34. The van der Waals surface area contributed by atoms with E-state index in [1.165, 1.54) is 16.4 Å². The maximum Gasteiger partial charge on any atom is 0.342 e. The van der Waals surface area contributed by atoms with Crippen molar-refractivity contribution in [2.24, 2.45) is 5.10 Å². The van der Waals surface area contributed by atoms with Gasteiger partial charge in [0.25, 0.3) is 5.91 Å². The number of methoxy groups -OCH3 is 2. The molecule has 0 aliphatic rings. The molecule has 0 radical (unpaired) electrons. The number of para-hydroxylation sites is 3. The smallest absolute Gasteiger partial charge is 0.342 e. The fourth-order valence-electron chi connectivity index (χ4n) is 5.18. The molecule has 6 aromatic rings. The molecule has 0 fully saturated rings. The molecule has 0 spiro atoms. The zero-order chi connectivity index (χ0) is 35.6. The summed E-state index contributed by atoms with van der Waals surface area (Å²) in [6, 6.07) is 40.9. The van der Waals surface area contributed by atoms with E-state index >= 15 is 0 Å². The summed E-state index contributed by atoms with van der Waals surface area (Å²) in [6.07, 6.45) is 0. The van der Waals surface area contributed by atoms with E-state index < -0.39 is 11.9 Å². The van der Waals surface area contributed by atoms with E-state index in [4.69, 9.17) is 24.4 Å². The second-order valence-electron chi connectivity index (χ2n) is 10.9. The third-order valence-corrected chi connectivity index (χ3v) is 8.78. The maximum atomic E-state index is 14.5. The summed E-state index contributed by atoms with van der Waals surface area (Å²) >= 11 is 1.37. The highest BCUT2D eigenvalue weighted by molar-refractivity contribution is 8.14. The first-order chi connectivity index (χ1) is 25.0. The highest BCUT2D eigenvalue weighted by Gasteiger charge is 2.31. The molecule has 5 aromatic carbocycles. The first-order valence-corrected chi connectivity index (χ1v) is 16.9. The quantitative estimate of drug-likeness (QED) is 0.0430. The summed E-state index contributed by atoms with van der Waals surface area (Å²) in [5, 5.41) is 13.3. The number of rotatable bonds is 12. The lowest BCUT2D eigenvalue weighted by Gasteiger charge is -2.14. The number of esters is 1. The molecular formula is C40H35N5O5S. The van der Waals surface area contributed by atoms with Crippen LogP contribution < -0.4 is 20.2 Å². The number of hydrogen-bond acceptors (Lipinski definition) is 9. The number of hydrazone groups is 1. The summed E-state index contributed by atoms with van der Waals surface area (Å²) in [6.45, 7) is 1.83. The van der Waals surface area contributed by atoms with E-state index in [0.29, 0.717) is 44.1 Å². The van der Waals surface area contributed by atoms with Gasteiger partial charge >= 0.3 is 5.97 Å². The van der Waals surface area contributed by atoms with Gasteiger partial charge < -0.3 is 19.5 Å². The van der Waals surface area contributed by atoms with E-state index in [0.717, 1.165) is 11.3 Å². The Labute approximate surface area is 300 Å². The van der Waals surface area contributed by atoms with Gasteiger partial charge in [0.15, 0.2) is 0 Å². The summed E-state index contributed by atoms with van der Waals surface area (Å²) < 4.78 is 17.7. The van der Waals surface area contributed by atoms with Crippen molar-refractivity contribution in [1.82, 2.24) is 9.78 Å². The molecule has 0 unspecified atom stereocenters. The Hall–Kier alpha value is -6.33. The van der Waals surface area contributed by atoms with Crippen molar-refractivity contribution in [3.05, 3.63) is 150 Å². The van der Waals surface area contributed by atoms with Crippen LogP contribution in [0, 0.1) is 0 Å². The van der Waals surface area contributed by atoms with Gasteiger partial charge in [0.05, 0.1) is 37.9 Å². The first-order valence-electron chi connectivity index (χ1n) is 16.1.